The van der Waals surface area contributed by atoms with Crippen LogP contribution in [0.4, 0.5) is 20.8 Å². The summed E-state index contributed by atoms with van der Waals surface area (Å²) in [4.78, 5) is 36.6. The van der Waals surface area contributed by atoms with Crippen molar-refractivity contribution < 1.29 is 65.0 Å². The lowest BCUT2D eigenvalue weighted by Gasteiger charge is -2.28. The van der Waals surface area contributed by atoms with Crippen LogP contribution in [0.1, 0.15) is 26.3 Å². The molecule has 3 saturated heterocycles. The summed E-state index contributed by atoms with van der Waals surface area (Å²) in [6.07, 6.45) is -9.58. The predicted molar refractivity (Wildman–Crippen MR) is 177 cm³/mol. The number of nitrogens with zero attached hydrogens (tertiary/aromatic N) is 8. The number of halogens is 1. The summed E-state index contributed by atoms with van der Waals surface area (Å²) in [6, 6.07) is 0. The number of rotatable bonds is 7. The second-order valence-electron chi connectivity index (χ2n) is 11.8. The van der Waals surface area contributed by atoms with Gasteiger partial charge in [-0.15, -0.1) is 0 Å². The summed E-state index contributed by atoms with van der Waals surface area (Å²) in [5, 5.41) is 11.5. The van der Waals surface area contributed by atoms with E-state index >= 15 is 4.39 Å². The number of fused-ring (bicyclic) bond motifs is 5. The second-order valence-corrected chi connectivity index (χ2v) is 17.5. The van der Waals surface area contributed by atoms with Gasteiger partial charge in [0.05, 0.1) is 32.0 Å². The van der Waals surface area contributed by atoms with Crippen molar-refractivity contribution in [3.63, 3.8) is 0 Å². The Balaban J connectivity index is 1.24. The molecule has 5 N–H and O–H groups in total. The summed E-state index contributed by atoms with van der Waals surface area (Å²) in [6.45, 7) is -2.82. The molecule has 0 spiro atoms. The molecule has 288 valence electrons. The molecule has 4 aromatic rings. The summed E-state index contributed by atoms with van der Waals surface area (Å²) in [5.74, 6) is -0.564. The molecule has 27 heteroatoms. The zero-order chi connectivity index (χ0) is 37.7. The van der Waals surface area contributed by atoms with Crippen LogP contribution >= 0.6 is 26.0 Å². The fourth-order valence-corrected chi connectivity index (χ4v) is 9.60. The SMILES string of the molecule is COP1(=O)OCC2OC(n3cnc4c(N)ncnc43)C(OP(=O)(SCOC(=O)OC(C)C)OCC3OC(n4cnc5c(N)ncnc54)[C@@H](F)C3O1)C2O. The highest BCUT2D eigenvalue weighted by atomic mass is 32.7. The van der Waals surface area contributed by atoms with E-state index in [1.807, 2.05) is 0 Å². The number of nitrogen functional groups attached to an aromatic ring is 2. The van der Waals surface area contributed by atoms with Gasteiger partial charge < -0.3 is 35.5 Å². The van der Waals surface area contributed by atoms with Crippen LogP contribution in [0.25, 0.3) is 22.3 Å². The van der Waals surface area contributed by atoms with Crippen LogP contribution in [-0.4, -0.2) is 119 Å². The van der Waals surface area contributed by atoms with E-state index in [0.29, 0.717) is 11.4 Å². The molecule has 3 fully saturated rings. The molecule has 3 aliphatic rings. The lowest BCUT2D eigenvalue weighted by atomic mass is 10.1. The molecule has 9 unspecified atom stereocenters. The minimum Gasteiger partial charge on any atom is -0.432 e. The van der Waals surface area contributed by atoms with Crippen LogP contribution in [0.2, 0.25) is 0 Å². The number of phosphoric ester groups is 1. The molecule has 0 aromatic carbocycles. The first-order valence-electron chi connectivity index (χ1n) is 15.7. The van der Waals surface area contributed by atoms with E-state index < -0.39 is 95.2 Å². The van der Waals surface area contributed by atoms with Gasteiger partial charge in [0.15, 0.2) is 47.5 Å². The number of aromatic nitrogens is 8. The fraction of sp³-hybridized carbons (Fsp3) is 0.577. The predicted octanol–water partition coefficient (Wildman–Crippen LogP) is 2.26. The van der Waals surface area contributed by atoms with E-state index in [-0.39, 0.29) is 34.0 Å². The van der Waals surface area contributed by atoms with Crippen molar-refractivity contribution in [2.45, 2.75) is 69.1 Å². The van der Waals surface area contributed by atoms with E-state index in [2.05, 4.69) is 29.9 Å². The van der Waals surface area contributed by atoms with E-state index in [0.717, 1.165) is 13.4 Å². The number of aliphatic hydroxyl groups excluding tert-OH is 1. The molecule has 3 aliphatic heterocycles. The van der Waals surface area contributed by atoms with Gasteiger partial charge in [-0.1, -0.05) is 0 Å². The maximum Gasteiger partial charge on any atom is 0.509 e. The Labute approximate surface area is 302 Å². The van der Waals surface area contributed by atoms with E-state index in [4.69, 9.17) is 53.0 Å². The molecule has 23 nitrogen and oxygen atoms in total. The number of anilines is 2. The number of phosphoric acid groups is 1. The average Bonchev–Trinajstić information content (AvgIpc) is 3.88. The molecule has 0 saturated carbocycles. The van der Waals surface area contributed by atoms with Gasteiger partial charge in [-0.2, -0.15) is 0 Å². The maximum absolute atomic E-state index is 16.4. The summed E-state index contributed by atoms with van der Waals surface area (Å²) >= 11 is 0.401. The molecule has 53 heavy (non-hydrogen) atoms. The van der Waals surface area contributed by atoms with Crippen molar-refractivity contribution in [2.75, 3.05) is 37.7 Å². The lowest BCUT2D eigenvalue weighted by molar-refractivity contribution is -0.0629. The normalized spacial score (nSPS) is 33.7. The van der Waals surface area contributed by atoms with Crippen LogP contribution in [0.3, 0.4) is 0 Å². The highest BCUT2D eigenvalue weighted by Gasteiger charge is 2.55. The van der Waals surface area contributed by atoms with Crippen molar-refractivity contribution in [1.82, 2.24) is 39.0 Å². The van der Waals surface area contributed by atoms with Crippen molar-refractivity contribution in [3.8, 4) is 0 Å². The molecular weight excluding hydrogens is 773 g/mol. The number of carbonyl (C=O) groups is 1. The fourth-order valence-electron chi connectivity index (χ4n) is 5.70. The van der Waals surface area contributed by atoms with Crippen LogP contribution in [0, 0.1) is 0 Å². The quantitative estimate of drug-likeness (QED) is 0.137. The smallest absolute Gasteiger partial charge is 0.432 e. The van der Waals surface area contributed by atoms with Gasteiger partial charge in [0.1, 0.15) is 54.2 Å². The Morgan fingerprint density at radius 3 is 2.17 bits per heavy atom. The third-order valence-corrected chi connectivity index (χ3v) is 12.9. The van der Waals surface area contributed by atoms with Crippen LogP contribution in [-0.2, 0) is 50.7 Å². The Morgan fingerprint density at radius 1 is 0.943 bits per heavy atom. The largest absolute Gasteiger partial charge is 0.509 e. The van der Waals surface area contributed by atoms with Gasteiger partial charge in [0, 0.05) is 18.5 Å². The average molecular weight is 807 g/mol. The molecule has 0 amide bonds. The zero-order valence-corrected chi connectivity index (χ0v) is 30.5. The zero-order valence-electron chi connectivity index (χ0n) is 27.9. The first-order valence-corrected chi connectivity index (χ1v) is 20.3. The Hall–Kier alpha value is -3.61. The number of aliphatic hydroxyl groups is 1. The number of nitrogens with two attached hydrogens (primary N) is 2. The van der Waals surface area contributed by atoms with E-state index in [1.54, 1.807) is 13.8 Å². The van der Waals surface area contributed by atoms with Gasteiger partial charge >= 0.3 is 20.8 Å². The van der Waals surface area contributed by atoms with Crippen molar-refractivity contribution in [3.05, 3.63) is 25.3 Å². The highest BCUT2D eigenvalue weighted by Crippen LogP contribution is 2.64. The summed E-state index contributed by atoms with van der Waals surface area (Å²) < 4.78 is 97.7. The standard InChI is InChI=1S/C26H33FN10O13P2S/c1-11(2)46-26(39)43-10-53-52(41)45-5-13-18(14(27)24(48-13)36-8-34-15-20(28)30-6-32-22(15)36)49-51(40,42-3)44-4-12-17(38)19(50-52)25(47-12)37-9-35-16-21(29)31-7-33-23(16)37/h6-9,11-14,17-19,24-25,38H,4-5,10H2,1-3H3,(H2,28,30,32)(H2,29,31,33)/t12?,13?,14-,17?,18?,19?,24?,25?,51?,52?/m0/s1. The van der Waals surface area contributed by atoms with Gasteiger partial charge in [0.2, 0.25) is 0 Å². The maximum atomic E-state index is 16.4. The van der Waals surface area contributed by atoms with Gasteiger partial charge in [-0.3, -0.25) is 31.8 Å². The van der Waals surface area contributed by atoms with Crippen molar-refractivity contribution >= 4 is 66.1 Å². The van der Waals surface area contributed by atoms with Gasteiger partial charge in [0.25, 0.3) is 0 Å². The Kier molecular flexibility index (Phi) is 10.6. The molecule has 4 aromatic heterocycles. The van der Waals surface area contributed by atoms with Gasteiger partial charge in [-0.05, 0) is 13.8 Å². The number of alkyl halides is 1. The number of hydrogen-bond acceptors (Lipinski definition) is 22. The second kappa shape index (κ2) is 14.9. The van der Waals surface area contributed by atoms with E-state index in [1.165, 1.54) is 28.1 Å². The highest BCUT2D eigenvalue weighted by molar-refractivity contribution is 8.55. The molecule has 7 rings (SSSR count). The van der Waals surface area contributed by atoms with Crippen molar-refractivity contribution in [1.29, 1.82) is 0 Å². The summed E-state index contributed by atoms with van der Waals surface area (Å²) in [5.41, 5.74) is 12.5. The molecule has 7 heterocycles. The van der Waals surface area contributed by atoms with Gasteiger partial charge in [-0.25, -0.2) is 48.2 Å². The van der Waals surface area contributed by atoms with Crippen LogP contribution in [0.15, 0.2) is 25.3 Å². The first-order chi connectivity index (χ1) is 25.3. The topological polar surface area (TPSA) is 294 Å². The number of hydrogen-bond donors (Lipinski definition) is 3. The molecule has 10 atom stereocenters. The molecular formula is C26H33FN10O13P2S. The lowest BCUT2D eigenvalue weighted by Crippen LogP contribution is -2.35. The van der Waals surface area contributed by atoms with Crippen molar-refractivity contribution in [2.24, 2.45) is 0 Å². The summed E-state index contributed by atoms with van der Waals surface area (Å²) in [7, 11) is -3.66. The molecule has 0 aliphatic carbocycles. The number of imidazole rings is 2. The Morgan fingerprint density at radius 2 is 1.55 bits per heavy atom. The minimum absolute atomic E-state index is 0.0214. The third-order valence-electron chi connectivity index (χ3n) is 8.14. The molecule has 2 bridgehead atoms. The van der Waals surface area contributed by atoms with E-state index in [9.17, 15) is 19.0 Å². The number of carbonyl (C=O) groups excluding carboxylic acids is 1. The first kappa shape index (κ1) is 37.7. The molecule has 0 radical (unpaired) electrons. The number of ether oxygens (including phenoxy) is 4. The van der Waals surface area contributed by atoms with Crippen LogP contribution < -0.4 is 11.5 Å². The third kappa shape index (κ3) is 7.43. The van der Waals surface area contributed by atoms with Crippen LogP contribution in [0.5, 0.6) is 0 Å². The Bertz CT molecular complexity index is 2080. The monoisotopic (exact) mass is 806 g/mol. The minimum atomic E-state index is -4.66.